The molecule has 1 rings (SSSR count). The molecule has 0 aliphatic rings. The van der Waals surface area contributed by atoms with Crippen molar-refractivity contribution in [2.45, 2.75) is 32.9 Å². The number of rotatable bonds is 6. The van der Waals surface area contributed by atoms with E-state index < -0.39 is 8.18 Å². The first-order valence-electron chi connectivity index (χ1n) is 5.92. The molecule has 0 saturated carbocycles. The quantitative estimate of drug-likeness (QED) is 0.801. The van der Waals surface area contributed by atoms with E-state index in [1.807, 2.05) is 39.0 Å². The maximum Gasteiger partial charge on any atom is 0.437 e. The standard InChI is InChI=1S/C13H17ClNO2PS/c1-4-13(15-18(16)17)10(3)19-8-11-5-6-12(14)7-9(11)2/h5-7H,4,8H2,1-3H3,(H,15,16,17)/b13-10+. The van der Waals surface area contributed by atoms with Gasteiger partial charge in [-0.1, -0.05) is 24.6 Å². The van der Waals surface area contributed by atoms with Gasteiger partial charge in [-0.05, 0) is 48.1 Å². The number of nitrogens with one attached hydrogen (secondary N) is 1. The summed E-state index contributed by atoms with van der Waals surface area (Å²) in [6.45, 7) is 5.88. The second-order valence-electron chi connectivity index (χ2n) is 4.12. The molecular weight excluding hydrogens is 301 g/mol. The van der Waals surface area contributed by atoms with Crippen LogP contribution < -0.4 is 9.98 Å². The fraction of sp³-hybridized carbons (Fsp3) is 0.385. The fourth-order valence-corrected chi connectivity index (χ4v) is 3.53. The largest absolute Gasteiger partial charge is 0.573 e. The summed E-state index contributed by atoms with van der Waals surface area (Å²) in [6.07, 6.45) is 0.668. The molecule has 0 amide bonds. The lowest BCUT2D eigenvalue weighted by Crippen LogP contribution is -2.10. The third-order valence-electron chi connectivity index (χ3n) is 2.75. The van der Waals surface area contributed by atoms with E-state index in [-0.39, 0.29) is 0 Å². The van der Waals surface area contributed by atoms with Gasteiger partial charge in [-0.25, -0.2) is 0 Å². The molecule has 1 aromatic rings. The van der Waals surface area contributed by atoms with Gasteiger partial charge >= 0.3 is 8.18 Å². The van der Waals surface area contributed by atoms with Crippen molar-refractivity contribution in [1.82, 2.24) is 5.09 Å². The summed E-state index contributed by atoms with van der Waals surface area (Å²) in [6, 6.07) is 5.81. The van der Waals surface area contributed by atoms with Crippen molar-refractivity contribution < 1.29 is 9.46 Å². The van der Waals surface area contributed by atoms with Crippen LogP contribution in [0.15, 0.2) is 28.8 Å². The zero-order chi connectivity index (χ0) is 14.4. The molecule has 6 heteroatoms. The highest BCUT2D eigenvalue weighted by atomic mass is 35.5. The highest BCUT2D eigenvalue weighted by Crippen LogP contribution is 2.27. The number of halogens is 1. The Hall–Kier alpha value is -0.540. The maximum atomic E-state index is 10.7. The van der Waals surface area contributed by atoms with E-state index in [0.29, 0.717) is 6.42 Å². The summed E-state index contributed by atoms with van der Waals surface area (Å²) in [4.78, 5) is 11.7. The monoisotopic (exact) mass is 317 g/mol. The van der Waals surface area contributed by atoms with Crippen molar-refractivity contribution in [1.29, 1.82) is 0 Å². The summed E-state index contributed by atoms with van der Waals surface area (Å²) in [5, 5.41) is 3.21. The molecule has 1 N–H and O–H groups in total. The normalized spacial score (nSPS) is 13.0. The molecule has 1 unspecified atom stereocenters. The molecule has 0 aliphatic carbocycles. The zero-order valence-electron chi connectivity index (χ0n) is 11.2. The summed E-state index contributed by atoms with van der Waals surface area (Å²) >= 11 is 7.55. The Bertz CT molecular complexity index is 505. The van der Waals surface area contributed by atoms with E-state index in [2.05, 4.69) is 5.09 Å². The van der Waals surface area contributed by atoms with Crippen molar-refractivity contribution in [2.75, 3.05) is 0 Å². The van der Waals surface area contributed by atoms with Gasteiger partial charge in [0, 0.05) is 15.7 Å². The van der Waals surface area contributed by atoms with Crippen LogP contribution in [0.3, 0.4) is 0 Å². The van der Waals surface area contributed by atoms with Gasteiger partial charge in [0.05, 0.1) is 5.70 Å². The highest BCUT2D eigenvalue weighted by molar-refractivity contribution is 8.02. The minimum atomic E-state index is -2.59. The number of thioether (sulfide) groups is 1. The molecule has 0 spiro atoms. The summed E-state index contributed by atoms with van der Waals surface area (Å²) in [5.41, 5.74) is 3.11. The van der Waals surface area contributed by atoms with Crippen LogP contribution in [0.5, 0.6) is 0 Å². The second-order valence-corrected chi connectivity index (χ2v) is 6.48. The SMILES string of the molecule is CC/C(N[P+](=O)[O-])=C(/C)SCc1ccc(Cl)cc1C. The topological polar surface area (TPSA) is 52.2 Å². The first kappa shape index (κ1) is 16.5. The number of benzene rings is 1. The van der Waals surface area contributed by atoms with Crippen LogP contribution >= 0.6 is 31.5 Å². The predicted octanol–water partition coefficient (Wildman–Crippen LogP) is 4.13. The Balaban J connectivity index is 2.74. The number of hydrogen-bond acceptors (Lipinski definition) is 3. The predicted molar refractivity (Wildman–Crippen MR) is 81.2 cm³/mol. The molecule has 3 nitrogen and oxygen atoms in total. The molecule has 0 fully saturated rings. The average Bonchev–Trinajstić information content (AvgIpc) is 2.34. The zero-order valence-corrected chi connectivity index (χ0v) is 13.7. The van der Waals surface area contributed by atoms with Gasteiger partial charge in [-0.3, -0.25) is 0 Å². The molecule has 1 atom stereocenters. The van der Waals surface area contributed by atoms with Crippen molar-refractivity contribution in [3.05, 3.63) is 45.0 Å². The van der Waals surface area contributed by atoms with Crippen LogP contribution in [0.4, 0.5) is 0 Å². The van der Waals surface area contributed by atoms with Crippen LogP contribution in [-0.2, 0) is 10.3 Å². The van der Waals surface area contributed by atoms with E-state index >= 15 is 0 Å². The lowest BCUT2D eigenvalue weighted by molar-refractivity contribution is -0.166. The van der Waals surface area contributed by atoms with Gasteiger partial charge in [0.2, 0.25) is 0 Å². The van der Waals surface area contributed by atoms with Crippen LogP contribution in [0.25, 0.3) is 0 Å². The molecule has 19 heavy (non-hydrogen) atoms. The third kappa shape index (κ3) is 5.53. The minimum absolute atomic E-state index is 0.668. The summed E-state index contributed by atoms with van der Waals surface area (Å²) in [7, 11) is -2.59. The lowest BCUT2D eigenvalue weighted by atomic mass is 10.1. The van der Waals surface area contributed by atoms with Crippen LogP contribution in [0.2, 0.25) is 5.02 Å². The molecule has 104 valence electrons. The third-order valence-corrected chi connectivity index (χ3v) is 4.58. The Morgan fingerprint density at radius 1 is 1.53 bits per heavy atom. The van der Waals surface area contributed by atoms with Gasteiger partial charge in [-0.2, -0.15) is 5.09 Å². The Morgan fingerprint density at radius 2 is 2.21 bits per heavy atom. The summed E-state index contributed by atoms with van der Waals surface area (Å²) in [5.74, 6) is 0.801. The van der Waals surface area contributed by atoms with Gasteiger partial charge in [0.25, 0.3) is 0 Å². The van der Waals surface area contributed by atoms with E-state index in [0.717, 1.165) is 26.9 Å². The van der Waals surface area contributed by atoms with Crippen LogP contribution in [0, 0.1) is 6.92 Å². The molecule has 0 aliphatic heterocycles. The van der Waals surface area contributed by atoms with Crippen LogP contribution in [-0.4, -0.2) is 0 Å². The summed E-state index contributed by atoms with van der Waals surface area (Å²) < 4.78 is 10.7. The average molecular weight is 318 g/mol. The fourth-order valence-electron chi connectivity index (χ4n) is 1.61. The first-order chi connectivity index (χ1) is 8.93. The maximum absolute atomic E-state index is 10.7. The molecule has 1 aromatic carbocycles. The van der Waals surface area contributed by atoms with Crippen molar-refractivity contribution in [2.24, 2.45) is 0 Å². The molecule has 0 radical (unpaired) electrons. The van der Waals surface area contributed by atoms with E-state index in [4.69, 9.17) is 11.6 Å². The molecule has 0 heterocycles. The van der Waals surface area contributed by atoms with E-state index in [9.17, 15) is 9.46 Å². The Labute approximate surface area is 124 Å². The molecule has 0 saturated heterocycles. The first-order valence-corrected chi connectivity index (χ1v) is 8.46. The van der Waals surface area contributed by atoms with Crippen molar-refractivity contribution >= 4 is 31.5 Å². The van der Waals surface area contributed by atoms with Crippen molar-refractivity contribution in [3.63, 3.8) is 0 Å². The smallest absolute Gasteiger partial charge is 0.437 e. The van der Waals surface area contributed by atoms with Gasteiger partial charge in [-0.15, -0.1) is 11.8 Å². The van der Waals surface area contributed by atoms with Crippen molar-refractivity contribution in [3.8, 4) is 0 Å². The van der Waals surface area contributed by atoms with Gasteiger partial charge < -0.3 is 4.89 Å². The van der Waals surface area contributed by atoms with Gasteiger partial charge in [0.15, 0.2) is 0 Å². The van der Waals surface area contributed by atoms with E-state index in [1.165, 1.54) is 5.56 Å². The molecule has 0 aromatic heterocycles. The molecule has 0 bridgehead atoms. The Kier molecular flexibility index (Phi) is 6.87. The highest BCUT2D eigenvalue weighted by Gasteiger charge is 2.08. The lowest BCUT2D eigenvalue weighted by Gasteiger charge is -2.09. The molecular formula is C13H17ClNO2PS. The van der Waals surface area contributed by atoms with Crippen LogP contribution in [0.1, 0.15) is 31.4 Å². The second kappa shape index (κ2) is 7.91. The Morgan fingerprint density at radius 3 is 2.74 bits per heavy atom. The van der Waals surface area contributed by atoms with Gasteiger partial charge in [0.1, 0.15) is 0 Å². The number of hydrogen-bond donors (Lipinski definition) is 1. The van der Waals surface area contributed by atoms with E-state index in [1.54, 1.807) is 11.8 Å². The number of allylic oxidation sites excluding steroid dienone is 2. The minimum Gasteiger partial charge on any atom is -0.573 e. The number of aryl methyl sites for hydroxylation is 1.